The van der Waals surface area contributed by atoms with Gasteiger partial charge in [-0.05, 0) is 36.8 Å². The first-order valence-electron chi connectivity index (χ1n) is 8.97. The van der Waals surface area contributed by atoms with E-state index in [1.165, 1.54) is 24.1 Å². The fourth-order valence-corrected chi connectivity index (χ4v) is 3.89. The normalized spacial score (nSPS) is 11.7. The number of rotatable bonds is 8. The molecule has 1 aromatic carbocycles. The molecule has 0 radical (unpaired) electrons. The van der Waals surface area contributed by atoms with E-state index in [1.54, 1.807) is 24.4 Å². The molecule has 0 fully saturated rings. The molecule has 0 spiro atoms. The van der Waals surface area contributed by atoms with E-state index in [-0.39, 0.29) is 30.5 Å². The number of aryl methyl sites for hydroxylation is 1. The summed E-state index contributed by atoms with van der Waals surface area (Å²) in [4.78, 5) is 14.5. The quantitative estimate of drug-likeness (QED) is 0.553. The van der Waals surface area contributed by atoms with Gasteiger partial charge in [-0.2, -0.15) is 0 Å². The predicted octanol–water partition coefficient (Wildman–Crippen LogP) is 1.23. The topological polar surface area (TPSA) is 106 Å². The van der Waals surface area contributed by atoms with Gasteiger partial charge in [0.1, 0.15) is 0 Å². The van der Waals surface area contributed by atoms with Gasteiger partial charge < -0.3 is 9.64 Å². The van der Waals surface area contributed by atoms with Gasteiger partial charge in [0.05, 0.1) is 18.0 Å². The van der Waals surface area contributed by atoms with Crippen LogP contribution < -0.4 is 4.72 Å². The molecule has 10 heteroatoms. The van der Waals surface area contributed by atoms with Gasteiger partial charge in [-0.1, -0.05) is 12.1 Å². The van der Waals surface area contributed by atoms with Crippen molar-refractivity contribution in [3.8, 4) is 0 Å². The maximum Gasteiger partial charge on any atom is 0.254 e. The van der Waals surface area contributed by atoms with E-state index in [0.29, 0.717) is 22.6 Å². The Morgan fingerprint density at radius 3 is 2.79 bits per heavy atom. The number of carbonyl (C=O) groups is 1. The summed E-state index contributed by atoms with van der Waals surface area (Å²) in [5, 5.41) is 8.21. The Bertz CT molecular complexity index is 1130. The third-order valence-corrected chi connectivity index (χ3v) is 5.92. The van der Waals surface area contributed by atoms with Crippen molar-refractivity contribution in [2.75, 3.05) is 27.3 Å². The minimum Gasteiger partial charge on any atom is -0.383 e. The zero-order valence-corrected chi connectivity index (χ0v) is 17.3. The number of pyridine rings is 1. The molecule has 2 aromatic heterocycles. The smallest absolute Gasteiger partial charge is 0.254 e. The summed E-state index contributed by atoms with van der Waals surface area (Å²) < 4.78 is 34.0. The highest BCUT2D eigenvalue weighted by molar-refractivity contribution is 7.89. The zero-order chi connectivity index (χ0) is 21.0. The monoisotopic (exact) mass is 417 g/mol. The molecular weight excluding hydrogens is 394 g/mol. The largest absolute Gasteiger partial charge is 0.383 e. The van der Waals surface area contributed by atoms with Gasteiger partial charge in [0.25, 0.3) is 5.91 Å². The standard InChI is InChI=1S/C19H23N5O4S/c1-14-7-8-15(29(26,27)20-9-11-28-3)12-16(14)19(25)23(2)13-18-22-21-17-6-4-5-10-24(17)18/h4-8,10,12,20H,9,11,13H2,1-3H3. The summed E-state index contributed by atoms with van der Waals surface area (Å²) in [6.45, 7) is 2.40. The van der Waals surface area contributed by atoms with Crippen LogP contribution in [0.2, 0.25) is 0 Å². The average molecular weight is 417 g/mol. The molecule has 0 bridgehead atoms. The molecular formula is C19H23N5O4S. The second-order valence-electron chi connectivity index (χ2n) is 6.57. The van der Waals surface area contributed by atoms with E-state index in [4.69, 9.17) is 4.74 Å². The van der Waals surface area contributed by atoms with Crippen molar-refractivity contribution in [2.45, 2.75) is 18.4 Å². The summed E-state index contributed by atoms with van der Waals surface area (Å²) in [6, 6.07) is 10.0. The summed E-state index contributed by atoms with van der Waals surface area (Å²) in [7, 11) is -0.603. The van der Waals surface area contributed by atoms with Crippen molar-refractivity contribution in [3.05, 3.63) is 59.5 Å². The number of nitrogens with one attached hydrogen (secondary N) is 1. The van der Waals surface area contributed by atoms with Crippen LogP contribution in [0.1, 0.15) is 21.7 Å². The van der Waals surface area contributed by atoms with E-state index in [2.05, 4.69) is 14.9 Å². The number of benzene rings is 1. The number of carbonyl (C=O) groups excluding carboxylic acids is 1. The number of sulfonamides is 1. The molecule has 29 heavy (non-hydrogen) atoms. The number of aromatic nitrogens is 3. The van der Waals surface area contributed by atoms with E-state index in [0.717, 1.165) is 0 Å². The van der Waals surface area contributed by atoms with Crippen LogP contribution in [-0.2, 0) is 21.3 Å². The van der Waals surface area contributed by atoms with Crippen LogP contribution in [0.4, 0.5) is 0 Å². The van der Waals surface area contributed by atoms with Crippen LogP contribution in [0.3, 0.4) is 0 Å². The number of hydrogen-bond acceptors (Lipinski definition) is 6. The lowest BCUT2D eigenvalue weighted by Crippen LogP contribution is -2.29. The second kappa shape index (κ2) is 8.68. The number of nitrogens with zero attached hydrogens (tertiary/aromatic N) is 4. The first-order chi connectivity index (χ1) is 13.8. The lowest BCUT2D eigenvalue weighted by atomic mass is 10.1. The number of amides is 1. The van der Waals surface area contributed by atoms with Gasteiger partial charge in [0.2, 0.25) is 10.0 Å². The first-order valence-corrected chi connectivity index (χ1v) is 10.4. The van der Waals surface area contributed by atoms with Crippen molar-refractivity contribution in [1.29, 1.82) is 0 Å². The Kier molecular flexibility index (Phi) is 6.26. The number of methoxy groups -OCH3 is 1. The molecule has 0 saturated carbocycles. The fraction of sp³-hybridized carbons (Fsp3) is 0.316. The summed E-state index contributed by atoms with van der Waals surface area (Å²) in [5.74, 6) is 0.309. The van der Waals surface area contributed by atoms with Gasteiger partial charge >= 0.3 is 0 Å². The molecule has 9 nitrogen and oxygen atoms in total. The summed E-state index contributed by atoms with van der Waals surface area (Å²) in [5.41, 5.74) is 1.69. The van der Waals surface area contributed by atoms with Gasteiger partial charge in [-0.15, -0.1) is 10.2 Å². The van der Waals surface area contributed by atoms with Crippen molar-refractivity contribution in [3.63, 3.8) is 0 Å². The molecule has 0 unspecified atom stereocenters. The van der Waals surface area contributed by atoms with E-state index in [9.17, 15) is 13.2 Å². The Morgan fingerprint density at radius 1 is 1.24 bits per heavy atom. The van der Waals surface area contributed by atoms with E-state index >= 15 is 0 Å². The highest BCUT2D eigenvalue weighted by atomic mass is 32.2. The summed E-state index contributed by atoms with van der Waals surface area (Å²) >= 11 is 0. The molecule has 0 atom stereocenters. The van der Waals surface area contributed by atoms with Crippen molar-refractivity contribution in [2.24, 2.45) is 0 Å². The average Bonchev–Trinajstić information content (AvgIpc) is 3.10. The third kappa shape index (κ3) is 4.61. The van der Waals surface area contributed by atoms with Crippen LogP contribution in [0.15, 0.2) is 47.5 Å². The fourth-order valence-electron chi connectivity index (χ4n) is 2.85. The lowest BCUT2D eigenvalue weighted by Gasteiger charge is -2.18. The van der Waals surface area contributed by atoms with Crippen LogP contribution in [0, 0.1) is 6.92 Å². The molecule has 1 amide bonds. The van der Waals surface area contributed by atoms with Crippen LogP contribution in [0.5, 0.6) is 0 Å². The molecule has 0 saturated heterocycles. The second-order valence-corrected chi connectivity index (χ2v) is 8.34. The Morgan fingerprint density at radius 2 is 2.03 bits per heavy atom. The van der Waals surface area contributed by atoms with Crippen molar-refractivity contribution in [1.82, 2.24) is 24.2 Å². The van der Waals surface area contributed by atoms with Crippen molar-refractivity contribution < 1.29 is 17.9 Å². The molecule has 2 heterocycles. The van der Waals surface area contributed by atoms with Crippen LogP contribution in [0.25, 0.3) is 5.65 Å². The van der Waals surface area contributed by atoms with Gasteiger partial charge in [0, 0.05) is 32.5 Å². The van der Waals surface area contributed by atoms with Crippen LogP contribution in [-0.4, -0.2) is 61.1 Å². The first kappa shape index (κ1) is 20.9. The zero-order valence-electron chi connectivity index (χ0n) is 16.5. The Balaban J connectivity index is 1.82. The molecule has 0 aliphatic rings. The van der Waals surface area contributed by atoms with E-state index in [1.807, 2.05) is 24.4 Å². The maximum atomic E-state index is 13.0. The molecule has 0 aliphatic heterocycles. The number of hydrogen-bond donors (Lipinski definition) is 1. The Hall–Kier alpha value is -2.82. The van der Waals surface area contributed by atoms with Crippen LogP contribution >= 0.6 is 0 Å². The lowest BCUT2D eigenvalue weighted by molar-refractivity contribution is 0.0780. The maximum absolute atomic E-state index is 13.0. The van der Waals surface area contributed by atoms with Crippen molar-refractivity contribution >= 4 is 21.6 Å². The Labute approximate surface area is 169 Å². The number of ether oxygens (including phenoxy) is 1. The summed E-state index contributed by atoms with van der Waals surface area (Å²) in [6.07, 6.45) is 1.83. The number of fused-ring (bicyclic) bond motifs is 1. The highest BCUT2D eigenvalue weighted by Gasteiger charge is 2.21. The van der Waals surface area contributed by atoms with Gasteiger partial charge in [-0.25, -0.2) is 13.1 Å². The highest BCUT2D eigenvalue weighted by Crippen LogP contribution is 2.18. The third-order valence-electron chi connectivity index (χ3n) is 4.46. The molecule has 3 aromatic rings. The van der Waals surface area contributed by atoms with Gasteiger partial charge in [-0.3, -0.25) is 9.20 Å². The van der Waals surface area contributed by atoms with E-state index < -0.39 is 10.0 Å². The molecule has 1 N–H and O–H groups in total. The van der Waals surface area contributed by atoms with Gasteiger partial charge in [0.15, 0.2) is 11.5 Å². The predicted molar refractivity (Wildman–Crippen MR) is 107 cm³/mol. The minimum absolute atomic E-state index is 0.0314. The molecule has 0 aliphatic carbocycles. The SMILES string of the molecule is COCCNS(=O)(=O)c1ccc(C)c(C(=O)N(C)Cc2nnc3ccccn23)c1. The minimum atomic E-state index is -3.74. The molecule has 3 rings (SSSR count). The molecule has 154 valence electrons.